The highest BCUT2D eigenvalue weighted by molar-refractivity contribution is 7.16. The fourth-order valence-corrected chi connectivity index (χ4v) is 4.34. The molecule has 1 aliphatic rings. The van der Waals surface area contributed by atoms with E-state index in [1.807, 2.05) is 6.07 Å². The molecule has 0 spiro atoms. The van der Waals surface area contributed by atoms with Crippen molar-refractivity contribution in [3.63, 3.8) is 0 Å². The SMILES string of the molecule is CC(C)C1CCCC(N)(Cc2ccc(Cl)s2)CC1. The van der Waals surface area contributed by atoms with Crippen LogP contribution < -0.4 is 5.73 Å². The van der Waals surface area contributed by atoms with Crippen molar-refractivity contribution in [3.05, 3.63) is 21.3 Å². The third kappa shape index (κ3) is 3.72. The van der Waals surface area contributed by atoms with Gasteiger partial charge in [0.05, 0.1) is 4.34 Å². The molecule has 1 heterocycles. The van der Waals surface area contributed by atoms with Crippen LogP contribution in [0.4, 0.5) is 0 Å². The van der Waals surface area contributed by atoms with Crippen LogP contribution in [-0.4, -0.2) is 5.54 Å². The molecule has 1 aromatic rings. The first-order valence-electron chi connectivity index (χ1n) is 7.02. The van der Waals surface area contributed by atoms with Crippen molar-refractivity contribution in [1.82, 2.24) is 0 Å². The van der Waals surface area contributed by atoms with Crippen molar-refractivity contribution in [1.29, 1.82) is 0 Å². The van der Waals surface area contributed by atoms with Crippen molar-refractivity contribution in [2.24, 2.45) is 17.6 Å². The molecule has 1 nitrogen and oxygen atoms in total. The molecule has 18 heavy (non-hydrogen) atoms. The van der Waals surface area contributed by atoms with Crippen LogP contribution in [0, 0.1) is 11.8 Å². The summed E-state index contributed by atoms with van der Waals surface area (Å²) in [5.41, 5.74) is 6.62. The second-order valence-corrected chi connectivity index (χ2v) is 7.98. The Morgan fingerprint density at radius 3 is 2.78 bits per heavy atom. The van der Waals surface area contributed by atoms with E-state index in [9.17, 15) is 0 Å². The normalized spacial score (nSPS) is 29.5. The fraction of sp³-hybridized carbons (Fsp3) is 0.733. The standard InChI is InChI=1S/C15H24ClNS/c1-11(2)12-4-3-8-15(17,9-7-12)10-13-5-6-14(16)18-13/h5-6,11-12H,3-4,7-10,17H2,1-2H3. The third-order valence-electron chi connectivity index (χ3n) is 4.36. The molecule has 0 bridgehead atoms. The van der Waals surface area contributed by atoms with E-state index in [-0.39, 0.29) is 5.54 Å². The van der Waals surface area contributed by atoms with Crippen LogP contribution in [0.1, 0.15) is 50.8 Å². The van der Waals surface area contributed by atoms with Gasteiger partial charge in [-0.3, -0.25) is 0 Å². The summed E-state index contributed by atoms with van der Waals surface area (Å²) in [6, 6.07) is 4.12. The van der Waals surface area contributed by atoms with E-state index in [4.69, 9.17) is 17.3 Å². The van der Waals surface area contributed by atoms with Crippen LogP contribution in [0.5, 0.6) is 0 Å². The van der Waals surface area contributed by atoms with Crippen LogP contribution in [0.25, 0.3) is 0 Å². The second kappa shape index (κ2) is 5.94. The Bertz CT molecular complexity index is 388. The minimum absolute atomic E-state index is 0.00216. The van der Waals surface area contributed by atoms with Crippen LogP contribution in [0.15, 0.2) is 12.1 Å². The Balaban J connectivity index is 1.98. The highest BCUT2D eigenvalue weighted by Crippen LogP contribution is 2.35. The average Bonchev–Trinajstić information content (AvgIpc) is 2.58. The van der Waals surface area contributed by atoms with Gasteiger partial charge >= 0.3 is 0 Å². The third-order valence-corrected chi connectivity index (χ3v) is 5.59. The van der Waals surface area contributed by atoms with Gasteiger partial charge in [0, 0.05) is 10.4 Å². The maximum atomic E-state index is 6.63. The Morgan fingerprint density at radius 2 is 2.17 bits per heavy atom. The monoisotopic (exact) mass is 285 g/mol. The Hall–Kier alpha value is -0.0500. The molecule has 0 aromatic carbocycles. The number of thiophene rings is 1. The summed E-state index contributed by atoms with van der Waals surface area (Å²) >= 11 is 7.68. The second-order valence-electron chi connectivity index (χ2n) is 6.18. The topological polar surface area (TPSA) is 26.0 Å². The lowest BCUT2D eigenvalue weighted by atomic mass is 9.85. The van der Waals surface area contributed by atoms with Crippen molar-refractivity contribution in [2.45, 2.75) is 57.9 Å². The number of hydrogen-bond donors (Lipinski definition) is 1. The molecule has 1 saturated carbocycles. The highest BCUT2D eigenvalue weighted by Gasteiger charge is 2.30. The molecule has 0 saturated heterocycles. The van der Waals surface area contributed by atoms with Gasteiger partial charge in [-0.25, -0.2) is 0 Å². The van der Waals surface area contributed by atoms with Gasteiger partial charge in [0.1, 0.15) is 0 Å². The number of halogens is 1. The lowest BCUT2D eigenvalue weighted by molar-refractivity contribution is 0.322. The minimum Gasteiger partial charge on any atom is -0.325 e. The van der Waals surface area contributed by atoms with Gasteiger partial charge in [-0.2, -0.15) is 0 Å². The Labute approximate surface area is 120 Å². The van der Waals surface area contributed by atoms with E-state index in [1.165, 1.54) is 24.1 Å². The van der Waals surface area contributed by atoms with Crippen LogP contribution in [0.2, 0.25) is 4.34 Å². The first-order valence-corrected chi connectivity index (χ1v) is 8.21. The maximum absolute atomic E-state index is 6.63. The van der Waals surface area contributed by atoms with Crippen molar-refractivity contribution >= 4 is 22.9 Å². The summed E-state index contributed by atoms with van der Waals surface area (Å²) in [7, 11) is 0. The first-order chi connectivity index (χ1) is 8.48. The summed E-state index contributed by atoms with van der Waals surface area (Å²) in [6.45, 7) is 4.68. The molecule has 102 valence electrons. The zero-order valence-electron chi connectivity index (χ0n) is 11.4. The molecule has 3 heteroatoms. The van der Waals surface area contributed by atoms with E-state index in [1.54, 1.807) is 11.3 Å². The van der Waals surface area contributed by atoms with Crippen LogP contribution >= 0.6 is 22.9 Å². The highest BCUT2D eigenvalue weighted by atomic mass is 35.5. The maximum Gasteiger partial charge on any atom is 0.0931 e. The van der Waals surface area contributed by atoms with Gasteiger partial charge in [-0.05, 0) is 49.7 Å². The lowest BCUT2D eigenvalue weighted by Crippen LogP contribution is -2.41. The smallest absolute Gasteiger partial charge is 0.0931 e. The summed E-state index contributed by atoms with van der Waals surface area (Å²) in [6.07, 6.45) is 7.22. The fourth-order valence-electron chi connectivity index (χ4n) is 3.10. The Kier molecular flexibility index (Phi) is 4.74. The van der Waals surface area contributed by atoms with E-state index in [0.717, 1.165) is 35.4 Å². The molecule has 2 rings (SSSR count). The predicted octanol–water partition coefficient (Wildman–Crippen LogP) is 4.88. The zero-order chi connectivity index (χ0) is 13.2. The van der Waals surface area contributed by atoms with Crippen LogP contribution in [0.3, 0.4) is 0 Å². The summed E-state index contributed by atoms with van der Waals surface area (Å²) in [5.74, 6) is 1.66. The van der Waals surface area contributed by atoms with Crippen molar-refractivity contribution in [2.75, 3.05) is 0 Å². The van der Waals surface area contributed by atoms with Gasteiger partial charge in [-0.1, -0.05) is 38.3 Å². The molecule has 0 amide bonds. The lowest BCUT2D eigenvalue weighted by Gasteiger charge is -2.28. The largest absolute Gasteiger partial charge is 0.325 e. The first kappa shape index (κ1) is 14.4. The molecule has 0 radical (unpaired) electrons. The van der Waals surface area contributed by atoms with Crippen LogP contribution in [-0.2, 0) is 6.42 Å². The van der Waals surface area contributed by atoms with Gasteiger partial charge in [-0.15, -0.1) is 11.3 Å². The van der Waals surface area contributed by atoms with Crippen molar-refractivity contribution in [3.8, 4) is 0 Å². The molecule has 1 aromatic heterocycles. The number of hydrogen-bond acceptors (Lipinski definition) is 2. The van der Waals surface area contributed by atoms with E-state index in [0.29, 0.717) is 0 Å². The van der Waals surface area contributed by atoms with Gasteiger partial charge in [0.2, 0.25) is 0 Å². The molecule has 0 aliphatic heterocycles. The molecule has 1 fully saturated rings. The number of nitrogens with two attached hydrogens (primary N) is 1. The molecule has 2 N–H and O–H groups in total. The Morgan fingerprint density at radius 1 is 1.39 bits per heavy atom. The van der Waals surface area contributed by atoms with E-state index >= 15 is 0 Å². The molecular weight excluding hydrogens is 262 g/mol. The van der Waals surface area contributed by atoms with E-state index in [2.05, 4.69) is 19.9 Å². The molecule has 2 unspecified atom stereocenters. The predicted molar refractivity (Wildman–Crippen MR) is 81.4 cm³/mol. The summed E-state index contributed by atoms with van der Waals surface area (Å²) < 4.78 is 0.877. The number of rotatable bonds is 3. The summed E-state index contributed by atoms with van der Waals surface area (Å²) in [4.78, 5) is 1.34. The average molecular weight is 286 g/mol. The quantitative estimate of drug-likeness (QED) is 0.787. The molecule has 2 atom stereocenters. The van der Waals surface area contributed by atoms with Gasteiger partial charge in [0.15, 0.2) is 0 Å². The van der Waals surface area contributed by atoms with Gasteiger partial charge in [0.25, 0.3) is 0 Å². The zero-order valence-corrected chi connectivity index (χ0v) is 13.0. The minimum atomic E-state index is -0.00216. The van der Waals surface area contributed by atoms with Gasteiger partial charge < -0.3 is 5.73 Å². The van der Waals surface area contributed by atoms with Crippen molar-refractivity contribution < 1.29 is 0 Å². The molecular formula is C15H24ClNS. The van der Waals surface area contributed by atoms with E-state index < -0.39 is 0 Å². The molecule has 1 aliphatic carbocycles. The summed E-state index contributed by atoms with van der Waals surface area (Å²) in [5, 5.41) is 0.